The molecule has 6 nitrogen and oxygen atoms in total. The highest BCUT2D eigenvalue weighted by Crippen LogP contribution is 2.16. The molecular weight excluding hydrogens is 280 g/mol. The highest BCUT2D eigenvalue weighted by Gasteiger charge is 2.14. The topological polar surface area (TPSA) is 77.5 Å². The van der Waals surface area contributed by atoms with Crippen LogP contribution in [0.3, 0.4) is 0 Å². The largest absolute Gasteiger partial charge is 0.466 e. The van der Waals surface area contributed by atoms with Crippen molar-refractivity contribution in [3.63, 3.8) is 0 Å². The number of nitrogens with zero attached hydrogens (tertiary/aromatic N) is 1. The van der Waals surface area contributed by atoms with Crippen molar-refractivity contribution in [2.45, 2.75) is 39.7 Å². The first-order valence-corrected chi connectivity index (χ1v) is 7.22. The Morgan fingerprint density at radius 3 is 2.70 bits per heavy atom. The van der Waals surface area contributed by atoms with Crippen LogP contribution in [0.1, 0.15) is 33.4 Å². The van der Waals surface area contributed by atoms with Crippen LogP contribution in [0.25, 0.3) is 0 Å². The summed E-state index contributed by atoms with van der Waals surface area (Å²) in [5, 5.41) is 4.80. The van der Waals surface area contributed by atoms with Gasteiger partial charge in [0, 0.05) is 5.38 Å². The monoisotopic (exact) mass is 300 g/mol. The van der Waals surface area contributed by atoms with Crippen LogP contribution in [0, 0.1) is 0 Å². The molecule has 0 saturated heterocycles. The van der Waals surface area contributed by atoms with Gasteiger partial charge in [-0.05, 0) is 27.7 Å². The lowest BCUT2D eigenvalue weighted by Crippen LogP contribution is -2.27. The molecule has 0 aliphatic heterocycles. The highest BCUT2D eigenvalue weighted by atomic mass is 32.1. The summed E-state index contributed by atoms with van der Waals surface area (Å²) < 4.78 is 10.2. The Bertz CT molecular complexity index is 465. The van der Waals surface area contributed by atoms with Crippen molar-refractivity contribution in [3.8, 4) is 0 Å². The molecule has 0 radical (unpaired) electrons. The minimum Gasteiger partial charge on any atom is -0.466 e. The quantitative estimate of drug-likeness (QED) is 0.813. The normalized spacial score (nSPS) is 11.2. The fraction of sp³-hybridized carbons (Fsp3) is 0.615. The number of aromatic nitrogens is 1. The second-order valence-electron chi connectivity index (χ2n) is 5.08. The molecule has 0 bridgehead atoms. The summed E-state index contributed by atoms with van der Waals surface area (Å²) >= 11 is 1.26. The van der Waals surface area contributed by atoms with E-state index in [0.717, 1.165) is 0 Å². The van der Waals surface area contributed by atoms with Crippen molar-refractivity contribution in [2.24, 2.45) is 0 Å². The summed E-state index contributed by atoms with van der Waals surface area (Å²) in [7, 11) is 0. The molecule has 1 amide bonds. The number of esters is 1. The first-order valence-electron chi connectivity index (χ1n) is 6.34. The zero-order valence-corrected chi connectivity index (χ0v) is 13.0. The third-order valence-electron chi connectivity index (χ3n) is 2.07. The number of thiazole rings is 1. The maximum Gasteiger partial charge on any atom is 0.311 e. The predicted octanol–water partition coefficient (Wildman–Crippen LogP) is 2.00. The van der Waals surface area contributed by atoms with E-state index in [-0.39, 0.29) is 30.5 Å². The summed E-state index contributed by atoms with van der Waals surface area (Å²) in [6.07, 6.45) is 0.110. The Labute approximate surface area is 122 Å². The molecule has 1 aromatic rings. The summed E-state index contributed by atoms with van der Waals surface area (Å²) in [6.45, 7) is 7.69. The van der Waals surface area contributed by atoms with E-state index in [1.807, 2.05) is 20.8 Å². The average molecular weight is 300 g/mol. The van der Waals surface area contributed by atoms with Gasteiger partial charge < -0.3 is 9.47 Å². The Hall–Kier alpha value is -1.47. The number of carbonyl (C=O) groups is 2. The van der Waals surface area contributed by atoms with Gasteiger partial charge in [0.15, 0.2) is 5.13 Å². The molecule has 0 aliphatic carbocycles. The van der Waals surface area contributed by atoms with Gasteiger partial charge in [0.25, 0.3) is 5.91 Å². The molecule has 0 fully saturated rings. The molecule has 20 heavy (non-hydrogen) atoms. The van der Waals surface area contributed by atoms with E-state index in [4.69, 9.17) is 9.47 Å². The molecule has 0 unspecified atom stereocenters. The Kier molecular flexibility index (Phi) is 6.09. The Morgan fingerprint density at radius 2 is 2.10 bits per heavy atom. The molecule has 0 spiro atoms. The lowest BCUT2D eigenvalue weighted by molar-refractivity contribution is -0.142. The summed E-state index contributed by atoms with van der Waals surface area (Å²) in [4.78, 5) is 27.1. The summed E-state index contributed by atoms with van der Waals surface area (Å²) in [6, 6.07) is 0. The van der Waals surface area contributed by atoms with E-state index in [1.54, 1.807) is 12.3 Å². The first kappa shape index (κ1) is 16.6. The molecule has 7 heteroatoms. The molecule has 0 saturated carbocycles. The van der Waals surface area contributed by atoms with E-state index in [9.17, 15) is 9.59 Å². The summed E-state index contributed by atoms with van der Waals surface area (Å²) in [5.41, 5.74) is 0.218. The fourth-order valence-corrected chi connectivity index (χ4v) is 1.97. The van der Waals surface area contributed by atoms with Gasteiger partial charge in [-0.2, -0.15) is 0 Å². The van der Waals surface area contributed by atoms with E-state index in [0.29, 0.717) is 17.4 Å². The van der Waals surface area contributed by atoms with Gasteiger partial charge in [-0.25, -0.2) is 4.98 Å². The molecule has 0 aromatic carbocycles. The van der Waals surface area contributed by atoms with Crippen LogP contribution < -0.4 is 5.32 Å². The smallest absolute Gasteiger partial charge is 0.311 e. The fourth-order valence-electron chi connectivity index (χ4n) is 1.24. The van der Waals surface area contributed by atoms with E-state index >= 15 is 0 Å². The Morgan fingerprint density at radius 1 is 1.40 bits per heavy atom. The third-order valence-corrected chi connectivity index (χ3v) is 2.87. The minimum absolute atomic E-state index is 0.0315. The second-order valence-corrected chi connectivity index (χ2v) is 5.93. The van der Waals surface area contributed by atoms with Crippen molar-refractivity contribution in [1.82, 2.24) is 4.98 Å². The van der Waals surface area contributed by atoms with Crippen LogP contribution in [0.2, 0.25) is 0 Å². The van der Waals surface area contributed by atoms with Gasteiger partial charge in [0.05, 0.1) is 24.3 Å². The van der Waals surface area contributed by atoms with Crippen molar-refractivity contribution < 1.29 is 19.1 Å². The van der Waals surface area contributed by atoms with E-state index < -0.39 is 0 Å². The zero-order chi connectivity index (χ0) is 15.2. The molecule has 1 N–H and O–H groups in total. The number of amides is 1. The van der Waals surface area contributed by atoms with Gasteiger partial charge >= 0.3 is 5.97 Å². The minimum atomic E-state index is -0.366. The van der Waals surface area contributed by atoms with Crippen molar-refractivity contribution >= 4 is 28.3 Å². The number of anilines is 1. The van der Waals surface area contributed by atoms with Crippen LogP contribution in [-0.2, 0) is 25.5 Å². The van der Waals surface area contributed by atoms with Crippen LogP contribution in [0.4, 0.5) is 5.13 Å². The number of ether oxygens (including phenoxy) is 2. The number of carbonyl (C=O) groups excluding carboxylic acids is 2. The molecular formula is C13H20N2O4S. The lowest BCUT2D eigenvalue weighted by Gasteiger charge is -2.18. The number of hydrogen-bond donors (Lipinski definition) is 1. The van der Waals surface area contributed by atoms with Crippen LogP contribution in [0.15, 0.2) is 5.38 Å². The van der Waals surface area contributed by atoms with Gasteiger partial charge in [-0.3, -0.25) is 14.9 Å². The van der Waals surface area contributed by atoms with Gasteiger partial charge in [0.2, 0.25) is 0 Å². The molecule has 1 aromatic heterocycles. The van der Waals surface area contributed by atoms with E-state index in [2.05, 4.69) is 10.3 Å². The predicted molar refractivity (Wildman–Crippen MR) is 76.8 cm³/mol. The highest BCUT2D eigenvalue weighted by molar-refractivity contribution is 7.13. The maximum atomic E-state index is 11.6. The second kappa shape index (κ2) is 7.35. The zero-order valence-electron chi connectivity index (χ0n) is 12.2. The van der Waals surface area contributed by atoms with Crippen molar-refractivity contribution in [1.29, 1.82) is 0 Å². The Balaban J connectivity index is 2.43. The van der Waals surface area contributed by atoms with Gasteiger partial charge in [-0.15, -0.1) is 11.3 Å². The summed E-state index contributed by atoms with van der Waals surface area (Å²) in [5.74, 6) is -0.594. The van der Waals surface area contributed by atoms with Crippen LogP contribution in [-0.4, -0.2) is 35.7 Å². The standard InChI is InChI=1S/C13H20N2O4S/c1-5-18-11(17)6-9-8-20-12(14-9)15-10(16)7-19-13(2,3)4/h8H,5-7H2,1-4H3,(H,14,15,16). The van der Waals surface area contributed by atoms with Gasteiger partial charge in [-0.1, -0.05) is 0 Å². The molecule has 1 rings (SSSR count). The lowest BCUT2D eigenvalue weighted by atomic mass is 10.2. The molecule has 112 valence electrons. The van der Waals surface area contributed by atoms with Crippen molar-refractivity contribution in [2.75, 3.05) is 18.5 Å². The molecule has 0 atom stereocenters. The molecule has 1 heterocycles. The number of rotatable bonds is 6. The number of hydrogen-bond acceptors (Lipinski definition) is 6. The van der Waals surface area contributed by atoms with Crippen LogP contribution in [0.5, 0.6) is 0 Å². The SMILES string of the molecule is CCOC(=O)Cc1csc(NC(=O)COC(C)(C)C)n1. The average Bonchev–Trinajstić information content (AvgIpc) is 2.73. The van der Waals surface area contributed by atoms with Crippen molar-refractivity contribution in [3.05, 3.63) is 11.1 Å². The van der Waals surface area contributed by atoms with Gasteiger partial charge in [0.1, 0.15) is 6.61 Å². The maximum absolute atomic E-state index is 11.6. The van der Waals surface area contributed by atoms with E-state index in [1.165, 1.54) is 11.3 Å². The first-order chi connectivity index (χ1) is 9.30. The van der Waals surface area contributed by atoms with Crippen LogP contribution >= 0.6 is 11.3 Å². The number of nitrogens with one attached hydrogen (secondary N) is 1. The molecule has 0 aliphatic rings. The third kappa shape index (κ3) is 6.63.